The highest BCUT2D eigenvalue weighted by Crippen LogP contribution is 2.21. The third-order valence-corrected chi connectivity index (χ3v) is 2.99. The third-order valence-electron chi connectivity index (χ3n) is 2.99. The predicted molar refractivity (Wildman–Crippen MR) is 63.6 cm³/mol. The van der Waals surface area contributed by atoms with Crippen LogP contribution in [-0.4, -0.2) is 46.5 Å². The monoisotopic (exact) mass is 254 g/mol. The quantitative estimate of drug-likeness (QED) is 0.706. The zero-order chi connectivity index (χ0) is 13.0. The molecule has 0 radical (unpaired) electrons. The molecule has 5 nitrogen and oxygen atoms in total. The average Bonchev–Trinajstić information content (AvgIpc) is 2.41. The molecule has 0 aliphatic carbocycles. The Morgan fingerprint density at radius 3 is 2.61 bits per heavy atom. The minimum absolute atomic E-state index is 0.199. The van der Waals surface area contributed by atoms with E-state index >= 15 is 0 Å². The lowest BCUT2D eigenvalue weighted by atomic mass is 10.0. The fourth-order valence-corrected chi connectivity index (χ4v) is 1.94. The van der Waals surface area contributed by atoms with Crippen molar-refractivity contribution < 1.29 is 24.8 Å². The van der Waals surface area contributed by atoms with Crippen molar-refractivity contribution >= 4 is 0 Å². The van der Waals surface area contributed by atoms with Crippen molar-refractivity contribution in [3.05, 3.63) is 35.9 Å². The van der Waals surface area contributed by atoms with Crippen LogP contribution in [0.4, 0.5) is 0 Å². The molecule has 4 atom stereocenters. The van der Waals surface area contributed by atoms with E-state index in [0.29, 0.717) is 6.61 Å². The smallest absolute Gasteiger partial charge is 0.161 e. The number of aliphatic hydroxyl groups is 3. The van der Waals surface area contributed by atoms with Crippen LogP contribution in [0.25, 0.3) is 0 Å². The first kappa shape index (κ1) is 13.5. The van der Waals surface area contributed by atoms with E-state index in [1.54, 1.807) is 0 Å². The van der Waals surface area contributed by atoms with Gasteiger partial charge in [0, 0.05) is 6.42 Å². The van der Waals surface area contributed by atoms with Crippen LogP contribution < -0.4 is 0 Å². The molecule has 0 unspecified atom stereocenters. The Hall–Kier alpha value is -0.980. The SMILES string of the molecule is OC[C@H]1O[C@H](OCc2ccccc2)C[C@@H](O)[C@@H]1O. The maximum absolute atomic E-state index is 9.63. The summed E-state index contributed by atoms with van der Waals surface area (Å²) in [5, 5.41) is 28.2. The molecule has 18 heavy (non-hydrogen) atoms. The zero-order valence-electron chi connectivity index (χ0n) is 9.98. The molecule has 5 heteroatoms. The molecule has 1 saturated heterocycles. The summed E-state index contributed by atoms with van der Waals surface area (Å²) in [5.74, 6) is 0. The summed E-state index contributed by atoms with van der Waals surface area (Å²) in [5.41, 5.74) is 1.00. The second kappa shape index (κ2) is 6.26. The summed E-state index contributed by atoms with van der Waals surface area (Å²) >= 11 is 0. The number of ether oxygens (including phenoxy) is 2. The normalized spacial score (nSPS) is 32.4. The molecule has 0 amide bonds. The molecule has 0 aromatic heterocycles. The van der Waals surface area contributed by atoms with E-state index in [1.165, 1.54) is 0 Å². The maximum Gasteiger partial charge on any atom is 0.161 e. The average molecular weight is 254 g/mol. The number of benzene rings is 1. The maximum atomic E-state index is 9.63. The number of hydrogen-bond donors (Lipinski definition) is 3. The Balaban J connectivity index is 1.86. The van der Waals surface area contributed by atoms with Crippen molar-refractivity contribution in [2.75, 3.05) is 6.61 Å². The lowest BCUT2D eigenvalue weighted by molar-refractivity contribution is -0.260. The van der Waals surface area contributed by atoms with Gasteiger partial charge >= 0.3 is 0 Å². The van der Waals surface area contributed by atoms with Crippen LogP contribution in [0.1, 0.15) is 12.0 Å². The second-order valence-corrected chi connectivity index (χ2v) is 4.38. The highest BCUT2D eigenvalue weighted by molar-refractivity contribution is 5.13. The molecular weight excluding hydrogens is 236 g/mol. The summed E-state index contributed by atoms with van der Waals surface area (Å²) < 4.78 is 10.9. The topological polar surface area (TPSA) is 79.2 Å². The van der Waals surface area contributed by atoms with Gasteiger partial charge in [-0.05, 0) is 5.56 Å². The molecular formula is C13H18O5. The van der Waals surface area contributed by atoms with Crippen LogP contribution in [0.2, 0.25) is 0 Å². The molecule has 1 aliphatic heterocycles. The van der Waals surface area contributed by atoms with Gasteiger partial charge in [0.25, 0.3) is 0 Å². The molecule has 0 bridgehead atoms. The Morgan fingerprint density at radius 2 is 1.94 bits per heavy atom. The minimum atomic E-state index is -1.06. The molecule has 0 saturated carbocycles. The fraction of sp³-hybridized carbons (Fsp3) is 0.538. The van der Waals surface area contributed by atoms with E-state index in [1.807, 2.05) is 30.3 Å². The van der Waals surface area contributed by atoms with Crippen molar-refractivity contribution in [3.63, 3.8) is 0 Å². The van der Waals surface area contributed by atoms with Gasteiger partial charge in [0.15, 0.2) is 6.29 Å². The summed E-state index contributed by atoms with van der Waals surface area (Å²) in [6.45, 7) is 0.0237. The largest absolute Gasteiger partial charge is 0.394 e. The third kappa shape index (κ3) is 3.28. The van der Waals surface area contributed by atoms with E-state index in [4.69, 9.17) is 14.6 Å². The fourth-order valence-electron chi connectivity index (χ4n) is 1.94. The first-order valence-electron chi connectivity index (χ1n) is 5.98. The van der Waals surface area contributed by atoms with E-state index in [9.17, 15) is 10.2 Å². The molecule has 1 aliphatic rings. The molecule has 3 N–H and O–H groups in total. The van der Waals surface area contributed by atoms with Crippen LogP contribution in [-0.2, 0) is 16.1 Å². The van der Waals surface area contributed by atoms with Gasteiger partial charge in [-0.25, -0.2) is 0 Å². The molecule has 100 valence electrons. The first-order chi connectivity index (χ1) is 8.70. The van der Waals surface area contributed by atoms with Gasteiger partial charge in [0.05, 0.1) is 19.3 Å². The summed E-state index contributed by atoms with van der Waals surface area (Å²) in [6.07, 6.45) is -3.21. The van der Waals surface area contributed by atoms with Gasteiger partial charge in [-0.3, -0.25) is 0 Å². The van der Waals surface area contributed by atoms with E-state index in [-0.39, 0.29) is 13.0 Å². The van der Waals surface area contributed by atoms with Crippen LogP contribution in [0, 0.1) is 0 Å². The van der Waals surface area contributed by atoms with Crippen LogP contribution >= 0.6 is 0 Å². The van der Waals surface area contributed by atoms with Crippen molar-refractivity contribution in [1.82, 2.24) is 0 Å². The van der Waals surface area contributed by atoms with Gasteiger partial charge in [-0.1, -0.05) is 30.3 Å². The minimum Gasteiger partial charge on any atom is -0.394 e. The van der Waals surface area contributed by atoms with Gasteiger partial charge in [-0.15, -0.1) is 0 Å². The van der Waals surface area contributed by atoms with E-state index in [2.05, 4.69) is 0 Å². The molecule has 0 spiro atoms. The molecule has 1 fully saturated rings. The lowest BCUT2D eigenvalue weighted by Gasteiger charge is -2.36. The second-order valence-electron chi connectivity index (χ2n) is 4.38. The van der Waals surface area contributed by atoms with Crippen LogP contribution in [0.15, 0.2) is 30.3 Å². The highest BCUT2D eigenvalue weighted by Gasteiger charge is 2.36. The Kier molecular flexibility index (Phi) is 4.68. The van der Waals surface area contributed by atoms with Crippen molar-refractivity contribution in [1.29, 1.82) is 0 Å². The molecule has 1 heterocycles. The van der Waals surface area contributed by atoms with Gasteiger partial charge in [0.1, 0.15) is 12.2 Å². The summed E-state index contributed by atoms with van der Waals surface area (Å²) in [4.78, 5) is 0. The van der Waals surface area contributed by atoms with Gasteiger partial charge in [-0.2, -0.15) is 0 Å². The van der Waals surface area contributed by atoms with Gasteiger partial charge in [0.2, 0.25) is 0 Å². The lowest BCUT2D eigenvalue weighted by Crippen LogP contribution is -2.50. The number of hydrogen-bond acceptors (Lipinski definition) is 5. The molecule has 1 aromatic rings. The number of aliphatic hydroxyl groups excluding tert-OH is 3. The standard InChI is InChI=1S/C13H18O5/c14-7-11-13(16)10(15)6-12(18-11)17-8-9-4-2-1-3-5-9/h1-5,10-16H,6-8H2/t10-,11-,12+,13+/m1/s1. The molecule has 2 rings (SSSR count). The Labute approximate surface area is 106 Å². The summed E-state index contributed by atoms with van der Waals surface area (Å²) in [7, 11) is 0. The summed E-state index contributed by atoms with van der Waals surface area (Å²) in [6, 6.07) is 9.60. The number of rotatable bonds is 4. The van der Waals surface area contributed by atoms with Crippen molar-refractivity contribution in [2.45, 2.75) is 37.6 Å². The van der Waals surface area contributed by atoms with Crippen molar-refractivity contribution in [2.24, 2.45) is 0 Å². The van der Waals surface area contributed by atoms with Crippen LogP contribution in [0.5, 0.6) is 0 Å². The Morgan fingerprint density at radius 1 is 1.22 bits per heavy atom. The first-order valence-corrected chi connectivity index (χ1v) is 5.98. The Bertz CT molecular complexity index is 356. The zero-order valence-corrected chi connectivity index (χ0v) is 9.98. The molecule has 1 aromatic carbocycles. The van der Waals surface area contributed by atoms with E-state index in [0.717, 1.165) is 5.56 Å². The van der Waals surface area contributed by atoms with Crippen LogP contribution in [0.3, 0.4) is 0 Å². The highest BCUT2D eigenvalue weighted by atomic mass is 16.7. The van der Waals surface area contributed by atoms with E-state index < -0.39 is 24.6 Å². The predicted octanol–water partition coefficient (Wildman–Crippen LogP) is 0.0323. The van der Waals surface area contributed by atoms with Gasteiger partial charge < -0.3 is 24.8 Å². The van der Waals surface area contributed by atoms with Crippen molar-refractivity contribution in [3.8, 4) is 0 Å².